The number of hydrogen-bond donors (Lipinski definition) is 0. The SMILES string of the molecule is Cc1c(-c2ccccc2)c(=O)oc2c(C)cc(Br)cc12. The molecule has 0 aliphatic rings. The third kappa shape index (κ3) is 2.08. The van der Waals surface area contributed by atoms with Crippen LogP contribution < -0.4 is 5.63 Å². The molecule has 20 heavy (non-hydrogen) atoms. The molecular formula is C17H13BrO2. The maximum absolute atomic E-state index is 12.3. The Morgan fingerprint density at radius 2 is 1.75 bits per heavy atom. The van der Waals surface area contributed by atoms with Gasteiger partial charge >= 0.3 is 5.63 Å². The maximum atomic E-state index is 12.3. The quantitative estimate of drug-likeness (QED) is 0.598. The molecule has 0 bridgehead atoms. The van der Waals surface area contributed by atoms with E-state index >= 15 is 0 Å². The number of aryl methyl sites for hydroxylation is 2. The second-order valence-corrected chi connectivity index (χ2v) is 5.77. The topological polar surface area (TPSA) is 30.2 Å². The van der Waals surface area contributed by atoms with Crippen molar-refractivity contribution in [2.45, 2.75) is 13.8 Å². The van der Waals surface area contributed by atoms with Crippen LogP contribution in [0.5, 0.6) is 0 Å². The fraction of sp³-hybridized carbons (Fsp3) is 0.118. The van der Waals surface area contributed by atoms with Crippen LogP contribution in [0.15, 0.2) is 56.1 Å². The van der Waals surface area contributed by atoms with E-state index in [0.717, 1.165) is 26.5 Å². The Hall–Kier alpha value is -1.87. The summed E-state index contributed by atoms with van der Waals surface area (Å²) in [6.07, 6.45) is 0. The minimum atomic E-state index is -0.286. The summed E-state index contributed by atoms with van der Waals surface area (Å²) in [7, 11) is 0. The summed E-state index contributed by atoms with van der Waals surface area (Å²) in [6, 6.07) is 13.6. The Morgan fingerprint density at radius 3 is 2.45 bits per heavy atom. The number of benzene rings is 2. The van der Waals surface area contributed by atoms with Gasteiger partial charge in [0.05, 0.1) is 5.56 Å². The molecule has 0 saturated carbocycles. The average molecular weight is 329 g/mol. The Balaban J connectivity index is 2.44. The summed E-state index contributed by atoms with van der Waals surface area (Å²) in [5.41, 5.74) is 3.80. The molecule has 0 radical (unpaired) electrons. The van der Waals surface area contributed by atoms with Crippen LogP contribution in [0.1, 0.15) is 11.1 Å². The van der Waals surface area contributed by atoms with Crippen molar-refractivity contribution in [2.75, 3.05) is 0 Å². The standard InChI is InChI=1S/C17H13BrO2/c1-10-8-13(18)9-14-11(2)15(17(19)20-16(10)14)12-6-4-3-5-7-12/h3-9H,1-2H3. The summed E-state index contributed by atoms with van der Waals surface area (Å²) < 4.78 is 6.52. The van der Waals surface area contributed by atoms with E-state index in [9.17, 15) is 4.79 Å². The zero-order valence-electron chi connectivity index (χ0n) is 11.2. The van der Waals surface area contributed by atoms with E-state index in [4.69, 9.17) is 4.42 Å². The van der Waals surface area contributed by atoms with Crippen molar-refractivity contribution in [3.05, 3.63) is 68.5 Å². The van der Waals surface area contributed by atoms with Crippen molar-refractivity contribution in [3.8, 4) is 11.1 Å². The highest BCUT2D eigenvalue weighted by Crippen LogP contribution is 2.30. The molecule has 0 unspecified atom stereocenters. The number of fused-ring (bicyclic) bond motifs is 1. The van der Waals surface area contributed by atoms with E-state index in [2.05, 4.69) is 15.9 Å². The van der Waals surface area contributed by atoms with Crippen molar-refractivity contribution >= 4 is 26.9 Å². The minimum absolute atomic E-state index is 0.286. The monoisotopic (exact) mass is 328 g/mol. The molecule has 1 aromatic heterocycles. The molecule has 3 rings (SSSR count). The molecule has 0 atom stereocenters. The van der Waals surface area contributed by atoms with Gasteiger partial charge in [-0.1, -0.05) is 46.3 Å². The Kier molecular flexibility index (Phi) is 3.22. The van der Waals surface area contributed by atoms with E-state index < -0.39 is 0 Å². The van der Waals surface area contributed by atoms with Gasteiger partial charge in [-0.05, 0) is 42.7 Å². The third-order valence-corrected chi connectivity index (χ3v) is 3.94. The van der Waals surface area contributed by atoms with Crippen LogP contribution in [-0.2, 0) is 0 Å². The third-order valence-electron chi connectivity index (χ3n) is 3.48. The average Bonchev–Trinajstić information content (AvgIpc) is 2.42. The largest absolute Gasteiger partial charge is 0.422 e. The van der Waals surface area contributed by atoms with Gasteiger partial charge in [0.2, 0.25) is 0 Å². The normalized spacial score (nSPS) is 10.9. The van der Waals surface area contributed by atoms with E-state index in [1.807, 2.05) is 56.3 Å². The van der Waals surface area contributed by atoms with E-state index in [-0.39, 0.29) is 5.63 Å². The van der Waals surface area contributed by atoms with Gasteiger partial charge in [-0.15, -0.1) is 0 Å². The van der Waals surface area contributed by atoms with Crippen molar-refractivity contribution in [1.29, 1.82) is 0 Å². The molecular weight excluding hydrogens is 316 g/mol. The summed E-state index contributed by atoms with van der Waals surface area (Å²) in [4.78, 5) is 12.3. The highest BCUT2D eigenvalue weighted by atomic mass is 79.9. The molecule has 0 fully saturated rings. The van der Waals surface area contributed by atoms with E-state index in [1.54, 1.807) is 0 Å². The van der Waals surface area contributed by atoms with Crippen LogP contribution in [0.3, 0.4) is 0 Å². The lowest BCUT2D eigenvalue weighted by Gasteiger charge is -2.10. The molecule has 0 saturated heterocycles. The molecule has 0 aliphatic carbocycles. The van der Waals surface area contributed by atoms with Gasteiger partial charge in [-0.2, -0.15) is 0 Å². The first-order chi connectivity index (χ1) is 9.58. The fourth-order valence-corrected chi connectivity index (χ4v) is 3.09. The van der Waals surface area contributed by atoms with Gasteiger partial charge in [-0.3, -0.25) is 0 Å². The smallest absolute Gasteiger partial charge is 0.344 e. The Labute approximate surface area is 125 Å². The molecule has 3 aromatic rings. The first-order valence-electron chi connectivity index (χ1n) is 6.37. The molecule has 100 valence electrons. The van der Waals surface area contributed by atoms with Gasteiger partial charge in [0.1, 0.15) is 5.58 Å². The van der Waals surface area contributed by atoms with E-state index in [0.29, 0.717) is 11.1 Å². The number of halogens is 1. The Bertz CT molecular complexity index is 848. The summed E-state index contributed by atoms with van der Waals surface area (Å²) in [6.45, 7) is 3.91. The maximum Gasteiger partial charge on any atom is 0.344 e. The molecule has 1 heterocycles. The summed E-state index contributed by atoms with van der Waals surface area (Å²) >= 11 is 3.50. The Morgan fingerprint density at radius 1 is 1.05 bits per heavy atom. The number of hydrogen-bond acceptors (Lipinski definition) is 2. The van der Waals surface area contributed by atoms with Gasteiger partial charge in [0, 0.05) is 9.86 Å². The highest BCUT2D eigenvalue weighted by Gasteiger charge is 2.14. The zero-order valence-corrected chi connectivity index (χ0v) is 12.8. The molecule has 0 spiro atoms. The lowest BCUT2D eigenvalue weighted by molar-refractivity contribution is 0.560. The molecule has 0 amide bonds. The van der Waals surface area contributed by atoms with Crippen LogP contribution in [0.4, 0.5) is 0 Å². The lowest BCUT2D eigenvalue weighted by Crippen LogP contribution is -2.06. The molecule has 0 N–H and O–H groups in total. The summed E-state index contributed by atoms with van der Waals surface area (Å²) in [5.74, 6) is 0. The number of rotatable bonds is 1. The van der Waals surface area contributed by atoms with E-state index in [1.165, 1.54) is 0 Å². The van der Waals surface area contributed by atoms with Crippen LogP contribution in [-0.4, -0.2) is 0 Å². The van der Waals surface area contributed by atoms with Crippen LogP contribution in [0, 0.1) is 13.8 Å². The van der Waals surface area contributed by atoms with Gasteiger partial charge in [-0.25, -0.2) is 4.79 Å². The fourth-order valence-electron chi connectivity index (χ4n) is 2.51. The van der Waals surface area contributed by atoms with Crippen LogP contribution in [0.25, 0.3) is 22.1 Å². The second kappa shape index (κ2) is 4.91. The first kappa shape index (κ1) is 13.1. The summed E-state index contributed by atoms with van der Waals surface area (Å²) in [5, 5.41) is 0.968. The predicted molar refractivity (Wildman–Crippen MR) is 85.1 cm³/mol. The molecule has 3 heteroatoms. The predicted octanol–water partition coefficient (Wildman–Crippen LogP) is 4.84. The second-order valence-electron chi connectivity index (χ2n) is 4.85. The molecule has 2 aromatic carbocycles. The highest BCUT2D eigenvalue weighted by molar-refractivity contribution is 9.10. The van der Waals surface area contributed by atoms with Crippen molar-refractivity contribution in [3.63, 3.8) is 0 Å². The van der Waals surface area contributed by atoms with Crippen molar-refractivity contribution < 1.29 is 4.42 Å². The van der Waals surface area contributed by atoms with Crippen LogP contribution >= 0.6 is 15.9 Å². The first-order valence-corrected chi connectivity index (χ1v) is 7.16. The molecule has 0 aliphatic heterocycles. The van der Waals surface area contributed by atoms with Crippen molar-refractivity contribution in [1.82, 2.24) is 0 Å². The lowest BCUT2D eigenvalue weighted by atomic mass is 9.99. The zero-order chi connectivity index (χ0) is 14.3. The minimum Gasteiger partial charge on any atom is -0.422 e. The van der Waals surface area contributed by atoms with Gasteiger partial charge < -0.3 is 4.42 Å². The van der Waals surface area contributed by atoms with Crippen LogP contribution in [0.2, 0.25) is 0 Å². The van der Waals surface area contributed by atoms with Crippen molar-refractivity contribution in [2.24, 2.45) is 0 Å². The van der Waals surface area contributed by atoms with Gasteiger partial charge in [0.15, 0.2) is 0 Å². The molecule has 2 nitrogen and oxygen atoms in total. The van der Waals surface area contributed by atoms with Gasteiger partial charge in [0.25, 0.3) is 0 Å².